The summed E-state index contributed by atoms with van der Waals surface area (Å²) in [5.74, 6) is 0. The molecule has 0 aliphatic rings. The molecule has 0 amide bonds. The molecule has 0 aliphatic heterocycles. The summed E-state index contributed by atoms with van der Waals surface area (Å²) in [5, 5.41) is 20.7. The summed E-state index contributed by atoms with van der Waals surface area (Å²) in [7, 11) is 0. The van der Waals surface area contributed by atoms with Crippen molar-refractivity contribution in [3.63, 3.8) is 0 Å². The van der Waals surface area contributed by atoms with E-state index in [1.54, 1.807) is 18.3 Å². The number of aromatic nitrogens is 1. The maximum Gasteiger partial charge on any atom is 0.269 e. The van der Waals surface area contributed by atoms with E-state index in [2.05, 4.69) is 20.9 Å². The molecule has 2 rings (SSSR count). The van der Waals surface area contributed by atoms with Gasteiger partial charge in [0.05, 0.1) is 16.0 Å². The Bertz CT molecular complexity index is 622. The molecule has 0 saturated heterocycles. The first-order valence-corrected chi connectivity index (χ1v) is 6.89. The van der Waals surface area contributed by atoms with E-state index in [0.29, 0.717) is 5.56 Å². The number of hydrogen-bond acceptors (Lipinski definition) is 5. The number of aliphatic hydroxyl groups is 1. The lowest BCUT2D eigenvalue weighted by molar-refractivity contribution is -0.385. The first kappa shape index (κ1) is 14.0. The van der Waals surface area contributed by atoms with Gasteiger partial charge in [-0.2, -0.15) is 0 Å². The second-order valence-corrected chi connectivity index (χ2v) is 5.48. The van der Waals surface area contributed by atoms with Crippen LogP contribution in [0.25, 0.3) is 0 Å². The van der Waals surface area contributed by atoms with E-state index >= 15 is 0 Å². The van der Waals surface area contributed by atoms with Crippen LogP contribution >= 0.6 is 27.7 Å². The standard InChI is InChI=1S/C12H9BrN2O3S/c13-10-2-1-5-14-12(10)19-11-4-3-9(15(17)18)6-8(11)7-16/h1-6,16H,7H2. The summed E-state index contributed by atoms with van der Waals surface area (Å²) >= 11 is 4.73. The third-order valence-electron chi connectivity index (χ3n) is 2.36. The molecule has 0 atom stereocenters. The molecule has 98 valence electrons. The molecule has 2 aromatic rings. The molecule has 0 spiro atoms. The zero-order valence-electron chi connectivity index (χ0n) is 9.62. The van der Waals surface area contributed by atoms with Gasteiger partial charge in [-0.3, -0.25) is 10.1 Å². The Labute approximate surface area is 122 Å². The van der Waals surface area contributed by atoms with Crippen LogP contribution in [0.3, 0.4) is 0 Å². The minimum atomic E-state index is -0.482. The topological polar surface area (TPSA) is 76.3 Å². The average molecular weight is 341 g/mol. The fraction of sp³-hybridized carbons (Fsp3) is 0.0833. The number of aliphatic hydroxyl groups excluding tert-OH is 1. The summed E-state index contributed by atoms with van der Waals surface area (Å²) < 4.78 is 0.835. The summed E-state index contributed by atoms with van der Waals surface area (Å²) in [4.78, 5) is 15.2. The van der Waals surface area contributed by atoms with Gasteiger partial charge in [0.2, 0.25) is 0 Å². The number of nitro groups is 1. The second-order valence-electron chi connectivity index (χ2n) is 3.60. The van der Waals surface area contributed by atoms with Crippen LogP contribution in [0.1, 0.15) is 5.56 Å². The molecular weight excluding hydrogens is 332 g/mol. The maximum atomic E-state index is 10.7. The van der Waals surface area contributed by atoms with Gasteiger partial charge < -0.3 is 5.11 Å². The monoisotopic (exact) mass is 340 g/mol. The van der Waals surface area contributed by atoms with Crippen molar-refractivity contribution in [2.75, 3.05) is 0 Å². The highest BCUT2D eigenvalue weighted by Crippen LogP contribution is 2.34. The van der Waals surface area contributed by atoms with Crippen molar-refractivity contribution in [1.82, 2.24) is 4.98 Å². The van der Waals surface area contributed by atoms with Gasteiger partial charge in [0.1, 0.15) is 5.03 Å². The van der Waals surface area contributed by atoms with E-state index in [-0.39, 0.29) is 12.3 Å². The minimum absolute atomic E-state index is 0.0338. The second kappa shape index (κ2) is 6.14. The zero-order valence-corrected chi connectivity index (χ0v) is 12.0. The van der Waals surface area contributed by atoms with Crippen LogP contribution < -0.4 is 0 Å². The summed E-state index contributed by atoms with van der Waals surface area (Å²) in [6.07, 6.45) is 1.66. The molecule has 0 radical (unpaired) electrons. The summed E-state index contributed by atoms with van der Waals surface area (Å²) in [5.41, 5.74) is 0.477. The number of non-ortho nitro benzene ring substituents is 1. The highest BCUT2D eigenvalue weighted by Gasteiger charge is 2.12. The lowest BCUT2D eigenvalue weighted by Gasteiger charge is -2.07. The first-order valence-electron chi connectivity index (χ1n) is 5.28. The molecule has 7 heteroatoms. The smallest absolute Gasteiger partial charge is 0.269 e. The SMILES string of the molecule is O=[N+]([O-])c1ccc(Sc2ncccc2Br)c(CO)c1. The van der Waals surface area contributed by atoms with Crippen molar-refractivity contribution in [1.29, 1.82) is 0 Å². The van der Waals surface area contributed by atoms with E-state index < -0.39 is 4.92 Å². The van der Waals surface area contributed by atoms with E-state index in [0.717, 1.165) is 14.4 Å². The van der Waals surface area contributed by atoms with Gasteiger partial charge >= 0.3 is 0 Å². The third kappa shape index (κ3) is 3.31. The molecule has 0 saturated carbocycles. The Kier molecular flexibility index (Phi) is 4.52. The predicted octanol–water partition coefficient (Wildman–Crippen LogP) is 3.40. The number of nitro benzene ring substituents is 1. The molecular formula is C12H9BrN2O3S. The Balaban J connectivity index is 2.35. The van der Waals surface area contributed by atoms with Gasteiger partial charge in [-0.1, -0.05) is 11.8 Å². The van der Waals surface area contributed by atoms with Gasteiger partial charge in [0.25, 0.3) is 5.69 Å². The van der Waals surface area contributed by atoms with E-state index in [4.69, 9.17) is 0 Å². The van der Waals surface area contributed by atoms with E-state index in [1.165, 1.54) is 23.9 Å². The molecule has 1 aromatic heterocycles. The number of halogens is 1. The highest BCUT2D eigenvalue weighted by molar-refractivity contribution is 9.10. The number of pyridine rings is 1. The van der Waals surface area contributed by atoms with Gasteiger partial charge in [0.15, 0.2) is 0 Å². The van der Waals surface area contributed by atoms with Crippen LogP contribution in [0.15, 0.2) is 50.9 Å². The van der Waals surface area contributed by atoms with Crippen LogP contribution in [0.5, 0.6) is 0 Å². The van der Waals surface area contributed by atoms with Crippen molar-refractivity contribution >= 4 is 33.4 Å². The Morgan fingerprint density at radius 2 is 2.21 bits per heavy atom. The molecule has 5 nitrogen and oxygen atoms in total. The van der Waals surface area contributed by atoms with Crippen molar-refractivity contribution in [2.45, 2.75) is 16.5 Å². The maximum absolute atomic E-state index is 10.7. The lowest BCUT2D eigenvalue weighted by Crippen LogP contribution is -1.93. The average Bonchev–Trinajstić information content (AvgIpc) is 2.41. The number of nitrogens with zero attached hydrogens (tertiary/aromatic N) is 2. The van der Waals surface area contributed by atoms with Crippen molar-refractivity contribution in [3.05, 3.63) is 56.7 Å². The van der Waals surface area contributed by atoms with Gasteiger partial charge in [-0.05, 0) is 39.7 Å². The fourth-order valence-electron chi connectivity index (χ4n) is 1.45. The van der Waals surface area contributed by atoms with Crippen LogP contribution in [0.2, 0.25) is 0 Å². The molecule has 0 aliphatic carbocycles. The van der Waals surface area contributed by atoms with Crippen molar-refractivity contribution < 1.29 is 10.0 Å². The van der Waals surface area contributed by atoms with Crippen molar-refractivity contribution in [2.24, 2.45) is 0 Å². The zero-order chi connectivity index (χ0) is 13.8. The van der Waals surface area contributed by atoms with Gasteiger partial charge in [-0.15, -0.1) is 0 Å². The van der Waals surface area contributed by atoms with Crippen LogP contribution in [0.4, 0.5) is 5.69 Å². The van der Waals surface area contributed by atoms with Crippen molar-refractivity contribution in [3.8, 4) is 0 Å². The van der Waals surface area contributed by atoms with Crippen LogP contribution in [-0.2, 0) is 6.61 Å². The molecule has 1 heterocycles. The molecule has 1 N–H and O–H groups in total. The Hall–Kier alpha value is -1.44. The predicted molar refractivity (Wildman–Crippen MR) is 75.1 cm³/mol. The molecule has 19 heavy (non-hydrogen) atoms. The molecule has 0 fully saturated rings. The third-order valence-corrected chi connectivity index (χ3v) is 4.40. The summed E-state index contributed by atoms with van der Waals surface area (Å²) in [6.45, 7) is -0.255. The van der Waals surface area contributed by atoms with Crippen LogP contribution in [-0.4, -0.2) is 15.0 Å². The number of rotatable bonds is 4. The van der Waals surface area contributed by atoms with Crippen LogP contribution in [0, 0.1) is 10.1 Å². The normalized spacial score (nSPS) is 10.4. The van der Waals surface area contributed by atoms with E-state index in [1.807, 2.05) is 6.07 Å². The number of benzene rings is 1. The quantitative estimate of drug-likeness (QED) is 0.681. The van der Waals surface area contributed by atoms with Gasteiger partial charge in [0, 0.05) is 23.2 Å². The molecule has 0 bridgehead atoms. The Morgan fingerprint density at radius 3 is 2.84 bits per heavy atom. The van der Waals surface area contributed by atoms with E-state index in [9.17, 15) is 15.2 Å². The lowest BCUT2D eigenvalue weighted by atomic mass is 10.2. The summed E-state index contributed by atoms with van der Waals surface area (Å²) in [6, 6.07) is 8.07. The largest absolute Gasteiger partial charge is 0.392 e. The first-order chi connectivity index (χ1) is 9.11. The Morgan fingerprint density at radius 1 is 1.42 bits per heavy atom. The minimum Gasteiger partial charge on any atom is -0.392 e. The number of hydrogen-bond donors (Lipinski definition) is 1. The van der Waals surface area contributed by atoms with Gasteiger partial charge in [-0.25, -0.2) is 4.98 Å². The molecule has 1 aromatic carbocycles. The fourth-order valence-corrected chi connectivity index (χ4v) is 2.83. The molecule has 0 unspecified atom stereocenters. The highest BCUT2D eigenvalue weighted by atomic mass is 79.9.